The molecule has 0 aromatic carbocycles. The molecule has 0 aliphatic carbocycles. The second-order valence-electron chi connectivity index (χ2n) is 1.92. The van der Waals surface area contributed by atoms with Crippen molar-refractivity contribution in [2.75, 3.05) is 14.2 Å². The highest BCUT2D eigenvalue weighted by Crippen LogP contribution is 2.10. The second kappa shape index (κ2) is 3.64. The number of hydrogen-bond acceptors (Lipinski definition) is 2. The summed E-state index contributed by atoms with van der Waals surface area (Å²) in [5.74, 6) is -0.547. The lowest BCUT2D eigenvalue weighted by atomic mass is 10.3. The molecule has 0 N–H and O–H groups in total. The van der Waals surface area contributed by atoms with Gasteiger partial charge in [-0.3, -0.25) is 0 Å². The SMILES string of the molecule is C/C=C/C(C)(OC)OC. The van der Waals surface area contributed by atoms with Gasteiger partial charge in [-0.25, -0.2) is 0 Å². The van der Waals surface area contributed by atoms with Crippen molar-refractivity contribution in [3.63, 3.8) is 0 Å². The van der Waals surface area contributed by atoms with Crippen LogP contribution in [0.25, 0.3) is 0 Å². The minimum absolute atomic E-state index is 0.547. The van der Waals surface area contributed by atoms with Crippen LogP contribution in [0.3, 0.4) is 0 Å². The number of allylic oxidation sites excluding steroid dienone is 1. The zero-order valence-electron chi connectivity index (χ0n) is 6.47. The molecule has 0 aliphatic rings. The lowest BCUT2D eigenvalue weighted by molar-refractivity contribution is -0.155. The molecule has 0 unspecified atom stereocenters. The molecule has 0 spiro atoms. The van der Waals surface area contributed by atoms with Gasteiger partial charge in [0.25, 0.3) is 0 Å². The third-order valence-corrected chi connectivity index (χ3v) is 1.28. The predicted octanol–water partition coefficient (Wildman–Crippen LogP) is 1.57. The summed E-state index contributed by atoms with van der Waals surface area (Å²) in [4.78, 5) is 0. The zero-order valence-corrected chi connectivity index (χ0v) is 6.47. The van der Waals surface area contributed by atoms with Crippen molar-refractivity contribution < 1.29 is 9.47 Å². The quantitative estimate of drug-likeness (QED) is 0.426. The molecule has 0 atom stereocenters. The lowest BCUT2D eigenvalue weighted by Gasteiger charge is -2.21. The third kappa shape index (κ3) is 2.63. The molecule has 2 nitrogen and oxygen atoms in total. The second-order valence-corrected chi connectivity index (χ2v) is 1.92. The summed E-state index contributed by atoms with van der Waals surface area (Å²) in [6.07, 6.45) is 3.75. The summed E-state index contributed by atoms with van der Waals surface area (Å²) in [5, 5.41) is 0. The Morgan fingerprint density at radius 2 is 1.67 bits per heavy atom. The molecule has 0 rings (SSSR count). The van der Waals surface area contributed by atoms with Gasteiger partial charge < -0.3 is 9.47 Å². The minimum atomic E-state index is -0.547. The highest BCUT2D eigenvalue weighted by molar-refractivity contribution is 4.90. The summed E-state index contributed by atoms with van der Waals surface area (Å²) < 4.78 is 10.0. The van der Waals surface area contributed by atoms with Crippen molar-refractivity contribution in [3.05, 3.63) is 12.2 Å². The van der Waals surface area contributed by atoms with Crippen LogP contribution in [0, 0.1) is 0 Å². The lowest BCUT2D eigenvalue weighted by Crippen LogP contribution is -2.26. The Morgan fingerprint density at radius 1 is 1.22 bits per heavy atom. The minimum Gasteiger partial charge on any atom is -0.350 e. The zero-order chi connectivity index (χ0) is 7.33. The average Bonchev–Trinajstić information content (AvgIpc) is 1.89. The Bertz CT molecular complexity index is 93.1. The molecular formula is C7H14O2. The first-order chi connectivity index (χ1) is 4.18. The first-order valence-corrected chi connectivity index (χ1v) is 2.92. The summed E-state index contributed by atoms with van der Waals surface area (Å²) >= 11 is 0. The molecule has 0 amide bonds. The van der Waals surface area contributed by atoms with E-state index >= 15 is 0 Å². The molecule has 0 aliphatic heterocycles. The van der Waals surface area contributed by atoms with E-state index in [1.165, 1.54) is 0 Å². The maximum Gasteiger partial charge on any atom is 0.184 e. The van der Waals surface area contributed by atoms with Crippen LogP contribution in [0.5, 0.6) is 0 Å². The van der Waals surface area contributed by atoms with Crippen LogP contribution >= 0.6 is 0 Å². The normalized spacial score (nSPS) is 12.9. The van der Waals surface area contributed by atoms with Gasteiger partial charge in [0.2, 0.25) is 0 Å². The van der Waals surface area contributed by atoms with Crippen LogP contribution in [0.1, 0.15) is 13.8 Å². The van der Waals surface area contributed by atoms with E-state index < -0.39 is 5.79 Å². The van der Waals surface area contributed by atoms with Gasteiger partial charge >= 0.3 is 0 Å². The summed E-state index contributed by atoms with van der Waals surface area (Å²) in [6, 6.07) is 0. The molecule has 0 saturated heterocycles. The van der Waals surface area contributed by atoms with Crippen LogP contribution in [0.2, 0.25) is 0 Å². The fourth-order valence-electron chi connectivity index (χ4n) is 0.522. The van der Waals surface area contributed by atoms with E-state index in [0.717, 1.165) is 0 Å². The van der Waals surface area contributed by atoms with Gasteiger partial charge in [-0.05, 0) is 19.9 Å². The first kappa shape index (κ1) is 8.66. The van der Waals surface area contributed by atoms with Gasteiger partial charge in [0.1, 0.15) is 0 Å². The fourth-order valence-corrected chi connectivity index (χ4v) is 0.522. The number of methoxy groups -OCH3 is 2. The smallest absolute Gasteiger partial charge is 0.184 e. The average molecular weight is 130 g/mol. The van der Waals surface area contributed by atoms with Gasteiger partial charge in [-0.15, -0.1) is 0 Å². The Balaban J connectivity index is 3.92. The highest BCUT2D eigenvalue weighted by atomic mass is 16.7. The molecule has 0 aromatic heterocycles. The molecule has 54 valence electrons. The van der Waals surface area contributed by atoms with Gasteiger partial charge in [-0.1, -0.05) is 6.08 Å². The van der Waals surface area contributed by atoms with E-state index in [1.54, 1.807) is 14.2 Å². The molecule has 0 heterocycles. The summed E-state index contributed by atoms with van der Waals surface area (Å²) in [6.45, 7) is 3.78. The molecule has 0 radical (unpaired) electrons. The fraction of sp³-hybridized carbons (Fsp3) is 0.714. The van der Waals surface area contributed by atoms with Crippen LogP contribution in [-0.4, -0.2) is 20.0 Å². The number of ether oxygens (including phenoxy) is 2. The molecule has 9 heavy (non-hydrogen) atoms. The van der Waals surface area contributed by atoms with Crippen molar-refractivity contribution in [2.45, 2.75) is 19.6 Å². The number of hydrogen-bond donors (Lipinski definition) is 0. The molecule has 0 aromatic rings. The van der Waals surface area contributed by atoms with Crippen molar-refractivity contribution >= 4 is 0 Å². The molecule has 2 heteroatoms. The largest absolute Gasteiger partial charge is 0.350 e. The summed E-state index contributed by atoms with van der Waals surface area (Å²) in [5.41, 5.74) is 0. The first-order valence-electron chi connectivity index (χ1n) is 2.92. The van der Waals surface area contributed by atoms with Crippen molar-refractivity contribution in [3.8, 4) is 0 Å². The predicted molar refractivity (Wildman–Crippen MR) is 37.2 cm³/mol. The van der Waals surface area contributed by atoms with Gasteiger partial charge in [0.05, 0.1) is 0 Å². The van der Waals surface area contributed by atoms with E-state index in [2.05, 4.69) is 0 Å². The summed E-state index contributed by atoms with van der Waals surface area (Å²) in [7, 11) is 3.23. The highest BCUT2D eigenvalue weighted by Gasteiger charge is 2.16. The topological polar surface area (TPSA) is 18.5 Å². The van der Waals surface area contributed by atoms with Crippen molar-refractivity contribution in [1.82, 2.24) is 0 Å². The van der Waals surface area contributed by atoms with Crippen LogP contribution in [0.4, 0.5) is 0 Å². The standard InChI is InChI=1S/C7H14O2/c1-5-6-7(2,8-3)9-4/h5-6H,1-4H3/b6-5+. The number of rotatable bonds is 3. The van der Waals surface area contributed by atoms with E-state index in [1.807, 2.05) is 26.0 Å². The van der Waals surface area contributed by atoms with Gasteiger partial charge in [0.15, 0.2) is 5.79 Å². The Labute approximate surface area is 56.5 Å². The maximum absolute atomic E-state index is 5.02. The van der Waals surface area contributed by atoms with Crippen molar-refractivity contribution in [2.24, 2.45) is 0 Å². The Morgan fingerprint density at radius 3 is 1.78 bits per heavy atom. The third-order valence-electron chi connectivity index (χ3n) is 1.28. The van der Waals surface area contributed by atoms with Crippen LogP contribution < -0.4 is 0 Å². The monoisotopic (exact) mass is 130 g/mol. The van der Waals surface area contributed by atoms with E-state index in [4.69, 9.17) is 9.47 Å². The van der Waals surface area contributed by atoms with E-state index in [9.17, 15) is 0 Å². The Hall–Kier alpha value is -0.340. The molecule has 0 bridgehead atoms. The Kier molecular flexibility index (Phi) is 3.50. The molecule has 0 saturated carbocycles. The van der Waals surface area contributed by atoms with E-state index in [-0.39, 0.29) is 0 Å². The van der Waals surface area contributed by atoms with Crippen molar-refractivity contribution in [1.29, 1.82) is 0 Å². The van der Waals surface area contributed by atoms with Gasteiger partial charge in [0, 0.05) is 14.2 Å². The van der Waals surface area contributed by atoms with E-state index in [0.29, 0.717) is 0 Å². The van der Waals surface area contributed by atoms with Crippen LogP contribution in [-0.2, 0) is 9.47 Å². The molecular weight excluding hydrogens is 116 g/mol. The van der Waals surface area contributed by atoms with Gasteiger partial charge in [-0.2, -0.15) is 0 Å². The molecule has 0 fully saturated rings. The van der Waals surface area contributed by atoms with Crippen LogP contribution in [0.15, 0.2) is 12.2 Å². The maximum atomic E-state index is 5.02.